The molecule has 114 valence electrons. The molecule has 4 nitrogen and oxygen atoms in total. The molecule has 2 aromatic rings. The van der Waals surface area contributed by atoms with Gasteiger partial charge in [0.15, 0.2) is 11.5 Å². The number of carbonyl (C=O) groups excluding carboxylic acids is 1. The zero-order valence-corrected chi connectivity index (χ0v) is 12.5. The van der Waals surface area contributed by atoms with E-state index in [0.29, 0.717) is 17.7 Å². The van der Waals surface area contributed by atoms with Crippen LogP contribution in [0.25, 0.3) is 6.08 Å². The van der Waals surface area contributed by atoms with E-state index in [1.165, 1.54) is 7.11 Å². The lowest BCUT2D eigenvalue weighted by Gasteiger charge is -2.07. The molecule has 0 aliphatic heterocycles. The van der Waals surface area contributed by atoms with Crippen molar-refractivity contribution in [1.82, 2.24) is 0 Å². The highest BCUT2D eigenvalue weighted by atomic mass is 16.5. The number of ether oxygens (including phenoxy) is 1. The number of phenols is 2. The molecule has 0 aliphatic rings. The van der Waals surface area contributed by atoms with E-state index in [1.807, 2.05) is 6.92 Å². The van der Waals surface area contributed by atoms with Gasteiger partial charge in [0, 0.05) is 6.42 Å². The Morgan fingerprint density at radius 1 is 1.18 bits per heavy atom. The third-order valence-corrected chi connectivity index (χ3v) is 3.43. The van der Waals surface area contributed by atoms with Crippen LogP contribution in [-0.4, -0.2) is 23.6 Å². The van der Waals surface area contributed by atoms with Gasteiger partial charge < -0.3 is 14.9 Å². The first-order valence-corrected chi connectivity index (χ1v) is 6.84. The molecule has 0 bridgehead atoms. The Hall–Kier alpha value is -2.75. The van der Waals surface area contributed by atoms with Gasteiger partial charge >= 0.3 is 0 Å². The van der Waals surface area contributed by atoms with Crippen LogP contribution >= 0.6 is 0 Å². The average Bonchev–Trinajstić information content (AvgIpc) is 2.49. The summed E-state index contributed by atoms with van der Waals surface area (Å²) in [6, 6.07) is 10.0. The number of phenolic OH excluding ortho intramolecular Hbond substituents is 2. The normalized spacial score (nSPS) is 11.3. The van der Waals surface area contributed by atoms with Crippen LogP contribution < -0.4 is 4.74 Å². The predicted octanol–water partition coefficient (Wildman–Crippen LogP) is 3.24. The number of methoxy groups -OCH3 is 1. The van der Waals surface area contributed by atoms with Gasteiger partial charge in [0.05, 0.1) is 7.11 Å². The molecule has 22 heavy (non-hydrogen) atoms. The molecule has 0 aliphatic carbocycles. The maximum atomic E-state index is 11.3. The van der Waals surface area contributed by atoms with Crippen molar-refractivity contribution in [3.8, 4) is 17.2 Å². The van der Waals surface area contributed by atoms with Crippen molar-refractivity contribution < 1.29 is 19.7 Å². The van der Waals surface area contributed by atoms with Gasteiger partial charge in [-0.25, -0.2) is 0 Å². The summed E-state index contributed by atoms with van der Waals surface area (Å²) in [4.78, 5) is 11.3. The summed E-state index contributed by atoms with van der Waals surface area (Å²) in [6.45, 7) is 1.89. The summed E-state index contributed by atoms with van der Waals surface area (Å²) in [5, 5.41) is 19.2. The van der Waals surface area contributed by atoms with Gasteiger partial charge in [-0.05, 0) is 59.5 Å². The van der Waals surface area contributed by atoms with Gasteiger partial charge in [0.1, 0.15) is 12.0 Å². The molecule has 2 rings (SSSR count). The molecule has 0 heterocycles. The minimum absolute atomic E-state index is 0.0299. The van der Waals surface area contributed by atoms with Crippen molar-refractivity contribution in [2.45, 2.75) is 13.3 Å². The highest BCUT2D eigenvalue weighted by molar-refractivity contribution is 5.82. The van der Waals surface area contributed by atoms with E-state index in [4.69, 9.17) is 4.74 Å². The zero-order chi connectivity index (χ0) is 16.1. The fourth-order valence-corrected chi connectivity index (χ4v) is 2.24. The SMILES string of the molecule is COc1ccc(/C=C(/C=O)Cc2ccc(O)cc2C)cc1O. The highest BCUT2D eigenvalue weighted by Gasteiger charge is 2.05. The number of carbonyl (C=O) groups is 1. The molecule has 0 fully saturated rings. The monoisotopic (exact) mass is 298 g/mol. The van der Waals surface area contributed by atoms with Crippen LogP contribution in [0.3, 0.4) is 0 Å². The molecule has 0 spiro atoms. The Morgan fingerprint density at radius 3 is 2.55 bits per heavy atom. The Morgan fingerprint density at radius 2 is 1.95 bits per heavy atom. The predicted molar refractivity (Wildman–Crippen MR) is 85.2 cm³/mol. The minimum Gasteiger partial charge on any atom is -0.508 e. The lowest BCUT2D eigenvalue weighted by atomic mass is 9.99. The quantitative estimate of drug-likeness (QED) is 0.657. The number of aryl methyl sites for hydroxylation is 1. The third-order valence-electron chi connectivity index (χ3n) is 3.43. The maximum Gasteiger partial charge on any atom is 0.160 e. The molecular formula is C18H18O4. The van der Waals surface area contributed by atoms with Gasteiger partial charge in [-0.2, -0.15) is 0 Å². The van der Waals surface area contributed by atoms with Crippen molar-refractivity contribution in [2.75, 3.05) is 7.11 Å². The fourth-order valence-electron chi connectivity index (χ4n) is 2.24. The van der Waals surface area contributed by atoms with Crippen LogP contribution in [0.4, 0.5) is 0 Å². The summed E-state index contributed by atoms with van der Waals surface area (Å²) in [5.74, 6) is 0.624. The van der Waals surface area contributed by atoms with E-state index in [2.05, 4.69) is 0 Å². The Labute approximate surface area is 129 Å². The first-order chi connectivity index (χ1) is 10.5. The largest absolute Gasteiger partial charge is 0.508 e. The topological polar surface area (TPSA) is 66.8 Å². The van der Waals surface area contributed by atoms with E-state index in [-0.39, 0.29) is 11.5 Å². The lowest BCUT2D eigenvalue weighted by molar-refractivity contribution is -0.104. The molecule has 0 aromatic heterocycles. The number of hydrogen-bond acceptors (Lipinski definition) is 4. The molecule has 0 amide bonds. The highest BCUT2D eigenvalue weighted by Crippen LogP contribution is 2.27. The van der Waals surface area contributed by atoms with E-state index < -0.39 is 0 Å². The number of allylic oxidation sites excluding steroid dienone is 1. The van der Waals surface area contributed by atoms with Crippen molar-refractivity contribution in [3.63, 3.8) is 0 Å². The second-order valence-corrected chi connectivity index (χ2v) is 5.06. The van der Waals surface area contributed by atoms with Gasteiger partial charge in [-0.3, -0.25) is 4.79 Å². The van der Waals surface area contributed by atoms with Gasteiger partial charge in [-0.1, -0.05) is 12.1 Å². The van der Waals surface area contributed by atoms with Crippen LogP contribution in [0.15, 0.2) is 42.0 Å². The molecule has 2 N–H and O–H groups in total. The Balaban J connectivity index is 2.27. The number of rotatable bonds is 5. The first kappa shape index (κ1) is 15.6. The van der Waals surface area contributed by atoms with Crippen LogP contribution in [0.5, 0.6) is 17.2 Å². The summed E-state index contributed by atoms with van der Waals surface area (Å²) in [5.41, 5.74) is 3.19. The Kier molecular flexibility index (Phi) is 4.84. The minimum atomic E-state index is 0.0299. The van der Waals surface area contributed by atoms with Crippen molar-refractivity contribution >= 4 is 12.4 Å². The maximum absolute atomic E-state index is 11.3. The fraction of sp³-hybridized carbons (Fsp3) is 0.167. The number of aldehydes is 1. The van der Waals surface area contributed by atoms with E-state index >= 15 is 0 Å². The number of aromatic hydroxyl groups is 2. The number of hydrogen-bond donors (Lipinski definition) is 2. The van der Waals surface area contributed by atoms with Gasteiger partial charge in [-0.15, -0.1) is 0 Å². The molecule has 4 heteroatoms. The molecule has 0 saturated carbocycles. The van der Waals surface area contributed by atoms with Crippen molar-refractivity contribution in [3.05, 3.63) is 58.7 Å². The van der Waals surface area contributed by atoms with Gasteiger partial charge in [0.25, 0.3) is 0 Å². The van der Waals surface area contributed by atoms with E-state index in [1.54, 1.807) is 42.5 Å². The summed E-state index contributed by atoms with van der Waals surface area (Å²) in [6.07, 6.45) is 2.98. The number of benzene rings is 2. The van der Waals surface area contributed by atoms with Crippen molar-refractivity contribution in [2.24, 2.45) is 0 Å². The van der Waals surface area contributed by atoms with Crippen LogP contribution in [0.1, 0.15) is 16.7 Å². The molecule has 2 aromatic carbocycles. The second-order valence-electron chi connectivity index (χ2n) is 5.06. The smallest absolute Gasteiger partial charge is 0.160 e. The van der Waals surface area contributed by atoms with Crippen LogP contribution in [0.2, 0.25) is 0 Å². The molecule has 0 radical (unpaired) electrons. The summed E-state index contributed by atoms with van der Waals surface area (Å²) < 4.78 is 4.99. The standard InChI is InChI=1S/C18H18O4/c1-12-7-16(20)5-4-15(12)9-14(11-19)8-13-3-6-18(22-2)17(21)10-13/h3-8,10-11,20-21H,9H2,1-2H3/b14-8+. The second kappa shape index (κ2) is 6.80. The summed E-state index contributed by atoms with van der Waals surface area (Å²) in [7, 11) is 1.48. The molecule has 0 saturated heterocycles. The van der Waals surface area contributed by atoms with E-state index in [9.17, 15) is 15.0 Å². The summed E-state index contributed by atoms with van der Waals surface area (Å²) >= 11 is 0. The van der Waals surface area contributed by atoms with Crippen molar-refractivity contribution in [1.29, 1.82) is 0 Å². The first-order valence-electron chi connectivity index (χ1n) is 6.84. The molecular weight excluding hydrogens is 280 g/mol. The molecule has 0 unspecified atom stereocenters. The zero-order valence-electron chi connectivity index (χ0n) is 12.5. The lowest BCUT2D eigenvalue weighted by Crippen LogP contribution is -1.95. The van der Waals surface area contributed by atoms with E-state index in [0.717, 1.165) is 23.0 Å². The van der Waals surface area contributed by atoms with Crippen LogP contribution in [0, 0.1) is 6.92 Å². The van der Waals surface area contributed by atoms with Crippen LogP contribution in [-0.2, 0) is 11.2 Å². The third kappa shape index (κ3) is 3.67. The average molecular weight is 298 g/mol. The Bertz CT molecular complexity index is 717. The molecule has 0 atom stereocenters. The van der Waals surface area contributed by atoms with Gasteiger partial charge in [0.2, 0.25) is 0 Å².